The molecule has 0 aliphatic carbocycles. The summed E-state index contributed by atoms with van der Waals surface area (Å²) < 4.78 is 5.89. The number of rotatable bonds is 7. The number of likely N-dealkylation sites (tertiary alicyclic amines) is 1. The van der Waals surface area contributed by atoms with E-state index in [1.165, 1.54) is 12.8 Å². The zero-order valence-electron chi connectivity index (χ0n) is 13.6. The van der Waals surface area contributed by atoms with Crippen LogP contribution in [0.5, 0.6) is 0 Å². The van der Waals surface area contributed by atoms with E-state index in [1.807, 2.05) is 13.0 Å². The van der Waals surface area contributed by atoms with Gasteiger partial charge in [-0.05, 0) is 39.7 Å². The number of aryl methyl sites for hydroxylation is 1. The average molecular weight is 292 g/mol. The van der Waals surface area contributed by atoms with E-state index < -0.39 is 0 Å². The molecule has 1 saturated heterocycles. The molecule has 2 heterocycles. The van der Waals surface area contributed by atoms with E-state index in [-0.39, 0.29) is 0 Å². The van der Waals surface area contributed by atoms with Gasteiger partial charge in [0.2, 0.25) is 0 Å². The average Bonchev–Trinajstić information content (AvgIpc) is 2.45. The molecule has 0 saturated carbocycles. The Kier molecular flexibility index (Phi) is 6.39. The van der Waals surface area contributed by atoms with Crippen LogP contribution >= 0.6 is 0 Å². The van der Waals surface area contributed by atoms with Crippen molar-refractivity contribution in [2.24, 2.45) is 0 Å². The van der Waals surface area contributed by atoms with Crippen LogP contribution in [-0.4, -0.2) is 47.2 Å². The molecule has 0 amide bonds. The van der Waals surface area contributed by atoms with Crippen molar-refractivity contribution in [3.63, 3.8) is 0 Å². The number of hydrogen-bond donors (Lipinski definition) is 1. The zero-order valence-corrected chi connectivity index (χ0v) is 13.6. The van der Waals surface area contributed by atoms with Gasteiger partial charge < -0.3 is 10.1 Å². The van der Waals surface area contributed by atoms with Crippen molar-refractivity contribution in [2.75, 3.05) is 31.6 Å². The monoisotopic (exact) mass is 292 g/mol. The van der Waals surface area contributed by atoms with Crippen molar-refractivity contribution in [1.82, 2.24) is 14.9 Å². The Bertz CT molecular complexity index is 438. The van der Waals surface area contributed by atoms with Crippen molar-refractivity contribution in [3.8, 4) is 0 Å². The normalized spacial score (nSPS) is 19.7. The van der Waals surface area contributed by atoms with Crippen LogP contribution in [0.1, 0.15) is 44.6 Å². The highest BCUT2D eigenvalue weighted by molar-refractivity contribution is 5.35. The molecule has 21 heavy (non-hydrogen) atoms. The number of ether oxygens (including phenoxy) is 1. The lowest BCUT2D eigenvalue weighted by molar-refractivity contribution is -0.00284. The second-order valence-corrected chi connectivity index (χ2v) is 5.71. The van der Waals surface area contributed by atoms with Gasteiger partial charge in [0.25, 0.3) is 0 Å². The number of anilines is 1. The predicted molar refractivity (Wildman–Crippen MR) is 85.5 cm³/mol. The first-order valence-corrected chi connectivity index (χ1v) is 8.13. The van der Waals surface area contributed by atoms with Crippen molar-refractivity contribution >= 4 is 5.82 Å². The van der Waals surface area contributed by atoms with E-state index in [1.54, 1.807) is 0 Å². The van der Waals surface area contributed by atoms with Crippen molar-refractivity contribution in [3.05, 3.63) is 17.6 Å². The number of aromatic nitrogens is 2. The van der Waals surface area contributed by atoms with Crippen molar-refractivity contribution in [2.45, 2.75) is 52.7 Å². The second-order valence-electron chi connectivity index (χ2n) is 5.71. The summed E-state index contributed by atoms with van der Waals surface area (Å²) in [6.45, 7) is 10.9. The fourth-order valence-corrected chi connectivity index (χ4v) is 2.75. The molecule has 2 rings (SSSR count). The molecule has 0 bridgehead atoms. The van der Waals surface area contributed by atoms with E-state index in [0.29, 0.717) is 6.10 Å². The van der Waals surface area contributed by atoms with Crippen molar-refractivity contribution in [1.29, 1.82) is 0 Å². The molecule has 118 valence electrons. The molecule has 5 nitrogen and oxygen atoms in total. The van der Waals surface area contributed by atoms with Crippen LogP contribution in [0.2, 0.25) is 0 Å². The topological polar surface area (TPSA) is 50.3 Å². The Morgan fingerprint density at radius 2 is 2.24 bits per heavy atom. The molecular weight excluding hydrogens is 264 g/mol. The summed E-state index contributed by atoms with van der Waals surface area (Å²) >= 11 is 0. The minimum absolute atomic E-state index is 0.372. The zero-order chi connectivity index (χ0) is 15.1. The van der Waals surface area contributed by atoms with Gasteiger partial charge >= 0.3 is 0 Å². The van der Waals surface area contributed by atoms with Crippen LogP contribution in [0.4, 0.5) is 5.82 Å². The van der Waals surface area contributed by atoms with Gasteiger partial charge in [-0.2, -0.15) is 0 Å². The summed E-state index contributed by atoms with van der Waals surface area (Å²) in [6.07, 6.45) is 3.83. The van der Waals surface area contributed by atoms with Crippen LogP contribution in [0.25, 0.3) is 0 Å². The van der Waals surface area contributed by atoms with Gasteiger partial charge in [0.05, 0.1) is 12.6 Å². The lowest BCUT2D eigenvalue weighted by atomic mass is 10.1. The maximum Gasteiger partial charge on any atom is 0.144 e. The minimum Gasteiger partial charge on any atom is -0.377 e. The maximum absolute atomic E-state index is 5.89. The van der Waals surface area contributed by atoms with Crippen LogP contribution in [-0.2, 0) is 11.3 Å². The number of piperidine rings is 1. The molecule has 0 aromatic carbocycles. The second kappa shape index (κ2) is 8.29. The summed E-state index contributed by atoms with van der Waals surface area (Å²) in [4.78, 5) is 11.6. The van der Waals surface area contributed by atoms with Gasteiger partial charge in [-0.25, -0.2) is 9.97 Å². The molecule has 1 atom stereocenters. The molecule has 1 aliphatic rings. The first kappa shape index (κ1) is 16.2. The first-order valence-electron chi connectivity index (χ1n) is 8.13. The van der Waals surface area contributed by atoms with Gasteiger partial charge in [0, 0.05) is 31.5 Å². The van der Waals surface area contributed by atoms with Crippen LogP contribution in [0.3, 0.4) is 0 Å². The number of nitrogens with one attached hydrogen (secondary N) is 1. The Balaban J connectivity index is 1.94. The summed E-state index contributed by atoms with van der Waals surface area (Å²) in [7, 11) is 0. The van der Waals surface area contributed by atoms with Crippen molar-refractivity contribution < 1.29 is 4.74 Å². The molecule has 1 unspecified atom stereocenters. The molecule has 1 N–H and O–H groups in total. The highest BCUT2D eigenvalue weighted by Crippen LogP contribution is 2.16. The van der Waals surface area contributed by atoms with E-state index in [0.717, 1.165) is 56.5 Å². The molecule has 0 radical (unpaired) electrons. The molecule has 5 heteroatoms. The quantitative estimate of drug-likeness (QED) is 0.837. The molecule has 1 aliphatic heterocycles. The van der Waals surface area contributed by atoms with Crippen LogP contribution in [0, 0.1) is 6.92 Å². The van der Waals surface area contributed by atoms with Crippen LogP contribution in [0.15, 0.2) is 6.07 Å². The maximum atomic E-state index is 5.89. The third kappa shape index (κ3) is 5.25. The third-order valence-electron chi connectivity index (χ3n) is 3.64. The summed E-state index contributed by atoms with van der Waals surface area (Å²) in [5.41, 5.74) is 1.02. The Morgan fingerprint density at radius 3 is 3.00 bits per heavy atom. The van der Waals surface area contributed by atoms with E-state index in [4.69, 9.17) is 4.74 Å². The smallest absolute Gasteiger partial charge is 0.144 e. The number of hydrogen-bond acceptors (Lipinski definition) is 5. The Labute approximate surface area is 128 Å². The van der Waals surface area contributed by atoms with E-state index in [2.05, 4.69) is 34.0 Å². The fourth-order valence-electron chi connectivity index (χ4n) is 2.75. The third-order valence-corrected chi connectivity index (χ3v) is 3.64. The SMILES string of the molecule is CCCOC1CCCN(Cc2nc(C)cc(NCC)n2)C1. The van der Waals surface area contributed by atoms with Gasteiger partial charge in [-0.15, -0.1) is 0 Å². The highest BCUT2D eigenvalue weighted by Gasteiger charge is 2.21. The minimum atomic E-state index is 0.372. The largest absolute Gasteiger partial charge is 0.377 e. The van der Waals surface area contributed by atoms with Gasteiger partial charge in [-0.1, -0.05) is 6.92 Å². The fraction of sp³-hybridized carbons (Fsp3) is 0.750. The standard InChI is InChI=1S/C16H28N4O/c1-4-9-21-14-7-6-8-20(11-14)12-16-18-13(3)10-15(19-16)17-5-2/h10,14H,4-9,11-12H2,1-3H3,(H,17,18,19). The van der Waals surface area contributed by atoms with Gasteiger partial charge in [0.1, 0.15) is 11.6 Å². The molecule has 1 aromatic rings. The highest BCUT2D eigenvalue weighted by atomic mass is 16.5. The lowest BCUT2D eigenvalue weighted by Gasteiger charge is -2.32. The Hall–Kier alpha value is -1.20. The summed E-state index contributed by atoms with van der Waals surface area (Å²) in [5, 5.41) is 3.27. The number of nitrogens with zero attached hydrogens (tertiary/aromatic N) is 3. The Morgan fingerprint density at radius 1 is 1.38 bits per heavy atom. The van der Waals surface area contributed by atoms with Crippen LogP contribution < -0.4 is 5.32 Å². The van der Waals surface area contributed by atoms with Gasteiger partial charge in [0.15, 0.2) is 0 Å². The first-order chi connectivity index (χ1) is 10.2. The summed E-state index contributed by atoms with van der Waals surface area (Å²) in [6, 6.07) is 2.00. The van der Waals surface area contributed by atoms with Gasteiger partial charge in [-0.3, -0.25) is 4.90 Å². The predicted octanol–water partition coefficient (Wildman–Crippen LogP) is 2.61. The molecule has 1 aromatic heterocycles. The lowest BCUT2D eigenvalue weighted by Crippen LogP contribution is -2.39. The molecule has 1 fully saturated rings. The summed E-state index contributed by atoms with van der Waals surface area (Å²) in [5.74, 6) is 1.83. The van der Waals surface area contributed by atoms with E-state index in [9.17, 15) is 0 Å². The molecule has 0 spiro atoms. The molecular formula is C16H28N4O. The van der Waals surface area contributed by atoms with E-state index >= 15 is 0 Å².